The van der Waals surface area contributed by atoms with E-state index in [0.29, 0.717) is 31.0 Å². The summed E-state index contributed by atoms with van der Waals surface area (Å²) in [5.74, 6) is 1.94. The van der Waals surface area contributed by atoms with E-state index < -0.39 is 0 Å². The summed E-state index contributed by atoms with van der Waals surface area (Å²) in [6.07, 6.45) is 7.53. The van der Waals surface area contributed by atoms with Crippen molar-refractivity contribution < 1.29 is 9.18 Å². The normalized spacial score (nSPS) is 30.6. The number of hydrogen-bond acceptors (Lipinski definition) is 3. The molecule has 0 unspecified atom stereocenters. The van der Waals surface area contributed by atoms with Gasteiger partial charge in [-0.2, -0.15) is 0 Å². The van der Waals surface area contributed by atoms with Gasteiger partial charge in [0.25, 0.3) is 0 Å². The first-order chi connectivity index (χ1) is 14.2. The smallest absolute Gasteiger partial charge is 0.224 e. The number of likely N-dealkylation sites (tertiary alicyclic amines) is 1. The molecule has 0 spiro atoms. The van der Waals surface area contributed by atoms with Crippen LogP contribution < -0.4 is 0 Å². The molecule has 29 heavy (non-hydrogen) atoms. The molecule has 5 heterocycles. The molecule has 4 aliphatic heterocycles. The Bertz CT molecular complexity index is 871. The number of piperidine rings is 3. The van der Waals surface area contributed by atoms with Crippen LogP contribution in [-0.2, 0) is 17.8 Å². The molecule has 1 amide bonds. The maximum absolute atomic E-state index is 13.5. The van der Waals surface area contributed by atoms with Crippen LogP contribution in [0.3, 0.4) is 0 Å². The molecule has 4 fully saturated rings. The number of carbonyl (C=O) groups is 1. The third-order valence-electron chi connectivity index (χ3n) is 7.30. The molecule has 6 rings (SSSR count). The molecule has 5 nitrogen and oxygen atoms in total. The molecule has 1 aromatic carbocycles. The topological polar surface area (TPSA) is 41.4 Å². The second-order valence-electron chi connectivity index (χ2n) is 8.70. The zero-order chi connectivity index (χ0) is 20.0. The van der Waals surface area contributed by atoms with Gasteiger partial charge in [0.05, 0.1) is 6.04 Å². The number of nitrogens with zero attached hydrogens (tertiary/aromatic N) is 4. The number of aryl methyl sites for hydroxylation is 2. The summed E-state index contributed by atoms with van der Waals surface area (Å²) in [5.41, 5.74) is 1.16. The molecule has 2 aromatic rings. The number of imidazole rings is 1. The first-order valence-corrected chi connectivity index (χ1v) is 10.9. The van der Waals surface area contributed by atoms with Crippen molar-refractivity contribution in [2.24, 2.45) is 5.92 Å². The lowest BCUT2D eigenvalue weighted by Gasteiger charge is -2.51. The molecule has 2 bridgehead atoms. The van der Waals surface area contributed by atoms with Gasteiger partial charge in [-0.1, -0.05) is 19.1 Å². The summed E-state index contributed by atoms with van der Waals surface area (Å²) < 4.78 is 15.6. The predicted octanol–water partition coefficient (Wildman–Crippen LogP) is 3.06. The minimum absolute atomic E-state index is 0.200. The number of hydrogen-bond donors (Lipinski definition) is 0. The van der Waals surface area contributed by atoms with Crippen LogP contribution in [0.1, 0.15) is 43.5 Å². The zero-order valence-electron chi connectivity index (χ0n) is 17.0. The quantitative estimate of drug-likeness (QED) is 0.780. The Balaban J connectivity index is 1.37. The standard InChI is InChI=1S/C23H29FN4O/c1-2-20-25-10-14-26(20)13-9-21(29)28-15-19(16-3-5-18(24)6-4-16)23-22(28)17-7-11-27(23)12-8-17/h3-6,10,14,17,19,22-23H,2,7-9,11-13,15H2,1H3/t19-,22+,23+/m0/s1. The van der Waals surface area contributed by atoms with E-state index in [9.17, 15) is 9.18 Å². The van der Waals surface area contributed by atoms with Crippen LogP contribution in [0.4, 0.5) is 4.39 Å². The lowest BCUT2D eigenvalue weighted by Crippen LogP contribution is -2.60. The zero-order valence-corrected chi connectivity index (χ0v) is 17.0. The lowest BCUT2D eigenvalue weighted by molar-refractivity contribution is -0.136. The molecule has 4 aliphatic rings. The van der Waals surface area contributed by atoms with Crippen molar-refractivity contribution in [1.82, 2.24) is 19.4 Å². The van der Waals surface area contributed by atoms with Gasteiger partial charge in [-0.15, -0.1) is 0 Å². The second-order valence-corrected chi connectivity index (χ2v) is 8.70. The molecule has 0 N–H and O–H groups in total. The lowest BCUT2D eigenvalue weighted by atomic mass is 9.75. The van der Waals surface area contributed by atoms with E-state index in [0.717, 1.165) is 37.4 Å². The number of aromatic nitrogens is 2. The highest BCUT2D eigenvalue weighted by atomic mass is 19.1. The Hall–Kier alpha value is -2.21. The van der Waals surface area contributed by atoms with E-state index in [1.165, 1.54) is 12.8 Å². The van der Waals surface area contributed by atoms with E-state index >= 15 is 0 Å². The van der Waals surface area contributed by atoms with Crippen molar-refractivity contribution in [3.8, 4) is 0 Å². The minimum Gasteiger partial charge on any atom is -0.337 e. The second kappa shape index (κ2) is 7.56. The molecule has 1 aromatic heterocycles. The number of halogens is 1. The van der Waals surface area contributed by atoms with Crippen molar-refractivity contribution in [1.29, 1.82) is 0 Å². The summed E-state index contributed by atoms with van der Waals surface area (Å²) in [4.78, 5) is 22.4. The van der Waals surface area contributed by atoms with E-state index in [-0.39, 0.29) is 17.6 Å². The molecule has 3 atom stereocenters. The van der Waals surface area contributed by atoms with Gasteiger partial charge < -0.3 is 9.47 Å². The predicted molar refractivity (Wildman–Crippen MR) is 109 cm³/mol. The molecule has 0 saturated carbocycles. The molecule has 0 radical (unpaired) electrons. The van der Waals surface area contributed by atoms with Crippen LogP contribution in [0, 0.1) is 11.7 Å². The van der Waals surface area contributed by atoms with Gasteiger partial charge >= 0.3 is 0 Å². The minimum atomic E-state index is -0.200. The number of amides is 1. The third kappa shape index (κ3) is 3.27. The summed E-state index contributed by atoms with van der Waals surface area (Å²) in [6, 6.07) is 7.60. The Kier molecular flexibility index (Phi) is 4.90. The molecule has 154 valence electrons. The van der Waals surface area contributed by atoms with Crippen LogP contribution in [0.5, 0.6) is 0 Å². The van der Waals surface area contributed by atoms with E-state index in [2.05, 4.69) is 26.3 Å². The maximum Gasteiger partial charge on any atom is 0.224 e. The fourth-order valence-corrected chi connectivity index (χ4v) is 5.93. The average Bonchev–Trinajstić information content (AvgIpc) is 3.39. The van der Waals surface area contributed by atoms with Crippen molar-refractivity contribution in [3.05, 3.63) is 53.9 Å². The van der Waals surface area contributed by atoms with Crippen LogP contribution in [0.25, 0.3) is 0 Å². The van der Waals surface area contributed by atoms with Crippen molar-refractivity contribution in [3.63, 3.8) is 0 Å². The summed E-state index contributed by atoms with van der Waals surface area (Å²) in [5, 5.41) is 0. The van der Waals surface area contributed by atoms with Gasteiger partial charge in [0, 0.05) is 50.3 Å². The highest BCUT2D eigenvalue weighted by Gasteiger charge is 2.54. The first-order valence-electron chi connectivity index (χ1n) is 10.9. The highest BCUT2D eigenvalue weighted by molar-refractivity contribution is 5.77. The van der Waals surface area contributed by atoms with Gasteiger partial charge in [0.2, 0.25) is 5.91 Å². The van der Waals surface area contributed by atoms with Crippen LogP contribution in [-0.4, -0.2) is 57.0 Å². The van der Waals surface area contributed by atoms with Crippen molar-refractivity contribution >= 4 is 5.91 Å². The van der Waals surface area contributed by atoms with Crippen LogP contribution in [0.2, 0.25) is 0 Å². The summed E-state index contributed by atoms with van der Waals surface area (Å²) >= 11 is 0. The molecule has 0 aliphatic carbocycles. The Morgan fingerprint density at radius 1 is 1.17 bits per heavy atom. The van der Waals surface area contributed by atoms with Crippen LogP contribution >= 0.6 is 0 Å². The largest absolute Gasteiger partial charge is 0.337 e. The van der Waals surface area contributed by atoms with E-state index in [4.69, 9.17) is 0 Å². The third-order valence-corrected chi connectivity index (χ3v) is 7.30. The molecule has 6 heteroatoms. The summed E-state index contributed by atoms with van der Waals surface area (Å²) in [6.45, 7) is 5.77. The van der Waals surface area contributed by atoms with Crippen LogP contribution in [0.15, 0.2) is 36.7 Å². The molecule has 4 saturated heterocycles. The van der Waals surface area contributed by atoms with Gasteiger partial charge in [0.1, 0.15) is 11.6 Å². The summed E-state index contributed by atoms with van der Waals surface area (Å²) in [7, 11) is 0. The Morgan fingerprint density at radius 2 is 1.93 bits per heavy atom. The number of rotatable bonds is 5. The van der Waals surface area contributed by atoms with E-state index in [1.54, 1.807) is 12.1 Å². The average molecular weight is 397 g/mol. The molecular formula is C23H29FN4O. The fraction of sp³-hybridized carbons (Fsp3) is 0.565. The monoisotopic (exact) mass is 396 g/mol. The fourth-order valence-electron chi connectivity index (χ4n) is 5.93. The number of carbonyl (C=O) groups excluding carboxylic acids is 1. The number of benzene rings is 1. The molecular weight excluding hydrogens is 367 g/mol. The SMILES string of the molecule is CCc1nccn1CCC(=O)N1C[C@@H](c2ccc(F)cc2)[C@@H]2[C@H]1C1CCN2CC1. The van der Waals surface area contributed by atoms with Crippen molar-refractivity contribution in [2.45, 2.75) is 57.2 Å². The highest BCUT2D eigenvalue weighted by Crippen LogP contribution is 2.46. The first kappa shape index (κ1) is 18.8. The Labute approximate surface area is 171 Å². The van der Waals surface area contributed by atoms with Gasteiger partial charge in [-0.25, -0.2) is 9.37 Å². The Morgan fingerprint density at radius 3 is 2.66 bits per heavy atom. The van der Waals surface area contributed by atoms with Gasteiger partial charge in [-0.3, -0.25) is 9.69 Å². The van der Waals surface area contributed by atoms with Gasteiger partial charge in [0.15, 0.2) is 0 Å². The van der Waals surface area contributed by atoms with Crippen molar-refractivity contribution in [2.75, 3.05) is 19.6 Å². The maximum atomic E-state index is 13.5. The number of fused-ring (bicyclic) bond motifs is 2. The van der Waals surface area contributed by atoms with Gasteiger partial charge in [-0.05, 0) is 49.5 Å². The van der Waals surface area contributed by atoms with E-state index in [1.807, 2.05) is 24.5 Å².